The molecular weight excluding hydrogens is 376 g/mol. The number of hydrogen-bond donors (Lipinski definition) is 1. The summed E-state index contributed by atoms with van der Waals surface area (Å²) in [6.45, 7) is 1.78. The molecule has 0 saturated carbocycles. The number of benzene rings is 3. The van der Waals surface area contributed by atoms with Crippen molar-refractivity contribution < 1.29 is 9.72 Å². The van der Waals surface area contributed by atoms with E-state index in [0.717, 1.165) is 5.56 Å². The second kappa shape index (κ2) is 8.50. The fraction of sp³-hybridized carbons (Fsp3) is 0.0455. The van der Waals surface area contributed by atoms with Gasteiger partial charge in [-0.25, -0.2) is 0 Å². The number of nitrogens with zero attached hydrogens (tertiary/aromatic N) is 1. The average Bonchev–Trinajstić information content (AvgIpc) is 2.69. The zero-order valence-corrected chi connectivity index (χ0v) is 15.8. The molecule has 0 aliphatic rings. The molecule has 0 aliphatic heterocycles. The highest BCUT2D eigenvalue weighted by atomic mass is 35.5. The third-order valence-corrected chi connectivity index (χ3v) is 4.56. The van der Waals surface area contributed by atoms with Crippen LogP contribution < -0.4 is 5.32 Å². The number of amides is 1. The first-order valence-electron chi connectivity index (χ1n) is 8.54. The summed E-state index contributed by atoms with van der Waals surface area (Å²) >= 11 is 6.25. The van der Waals surface area contributed by atoms with Gasteiger partial charge in [-0.2, -0.15) is 0 Å². The molecule has 0 bridgehead atoms. The number of nitrogens with one attached hydrogen (secondary N) is 1. The van der Waals surface area contributed by atoms with Gasteiger partial charge in [0.2, 0.25) is 0 Å². The largest absolute Gasteiger partial charge is 0.321 e. The van der Waals surface area contributed by atoms with Gasteiger partial charge >= 0.3 is 0 Å². The van der Waals surface area contributed by atoms with Crippen LogP contribution in [0.1, 0.15) is 16.7 Å². The van der Waals surface area contributed by atoms with E-state index in [4.69, 9.17) is 11.6 Å². The summed E-state index contributed by atoms with van der Waals surface area (Å²) in [5, 5.41) is 14.4. The molecule has 0 fully saturated rings. The van der Waals surface area contributed by atoms with E-state index in [1.54, 1.807) is 25.1 Å². The number of hydrogen-bond acceptors (Lipinski definition) is 3. The van der Waals surface area contributed by atoms with Crippen molar-refractivity contribution >= 4 is 40.5 Å². The molecule has 5 nitrogen and oxygen atoms in total. The Hall–Kier alpha value is -3.44. The highest BCUT2D eigenvalue weighted by molar-refractivity contribution is 6.34. The van der Waals surface area contributed by atoms with Crippen LogP contribution in [0.5, 0.6) is 0 Å². The van der Waals surface area contributed by atoms with Gasteiger partial charge in [0.1, 0.15) is 0 Å². The number of non-ortho nitro benzene ring substituents is 1. The molecule has 3 rings (SSSR count). The number of aryl methyl sites for hydroxylation is 1. The van der Waals surface area contributed by atoms with E-state index in [1.807, 2.05) is 48.5 Å². The van der Waals surface area contributed by atoms with Crippen molar-refractivity contribution in [3.8, 4) is 0 Å². The summed E-state index contributed by atoms with van der Waals surface area (Å²) in [5.74, 6) is -0.380. The van der Waals surface area contributed by atoms with Crippen molar-refractivity contribution in [3.05, 3.63) is 105 Å². The summed E-state index contributed by atoms with van der Waals surface area (Å²) in [5.41, 5.74) is 2.85. The standard InChI is InChI=1S/C22H17ClN2O3/c1-15-11-12-18(25(27)28)14-21(15)24-22(26)19(16-7-3-2-4-8-16)13-17-9-5-6-10-20(17)23/h2-14H,1H3,(H,24,26)/b19-13+. The summed E-state index contributed by atoms with van der Waals surface area (Å²) < 4.78 is 0. The molecule has 0 spiro atoms. The van der Waals surface area contributed by atoms with Gasteiger partial charge in [-0.05, 0) is 35.8 Å². The first-order chi connectivity index (χ1) is 13.5. The third kappa shape index (κ3) is 4.45. The minimum atomic E-state index is -0.493. The number of nitro benzene ring substituents is 1. The van der Waals surface area contributed by atoms with Crippen LogP contribution in [0.15, 0.2) is 72.8 Å². The fourth-order valence-electron chi connectivity index (χ4n) is 2.69. The molecule has 1 N–H and O–H groups in total. The van der Waals surface area contributed by atoms with Crippen molar-refractivity contribution in [3.63, 3.8) is 0 Å². The predicted octanol–water partition coefficient (Wildman–Crippen LogP) is 5.74. The molecule has 0 heterocycles. The summed E-state index contributed by atoms with van der Waals surface area (Å²) in [4.78, 5) is 23.6. The van der Waals surface area contributed by atoms with Gasteiger partial charge in [-0.1, -0.05) is 66.2 Å². The topological polar surface area (TPSA) is 72.2 Å². The highest BCUT2D eigenvalue weighted by Gasteiger charge is 2.16. The fourth-order valence-corrected chi connectivity index (χ4v) is 2.88. The van der Waals surface area contributed by atoms with Crippen LogP contribution in [0.2, 0.25) is 5.02 Å². The maximum absolute atomic E-state index is 13.1. The van der Waals surface area contributed by atoms with Crippen LogP contribution in [0.4, 0.5) is 11.4 Å². The van der Waals surface area contributed by atoms with Gasteiger partial charge in [0.15, 0.2) is 0 Å². The number of halogens is 1. The van der Waals surface area contributed by atoms with E-state index in [9.17, 15) is 14.9 Å². The highest BCUT2D eigenvalue weighted by Crippen LogP contribution is 2.27. The van der Waals surface area contributed by atoms with Crippen LogP contribution in [0.25, 0.3) is 11.6 Å². The van der Waals surface area contributed by atoms with E-state index in [2.05, 4.69) is 5.32 Å². The second-order valence-corrected chi connectivity index (χ2v) is 6.56. The molecule has 3 aromatic rings. The maximum Gasteiger partial charge on any atom is 0.271 e. The molecule has 0 aliphatic carbocycles. The predicted molar refractivity (Wildman–Crippen MR) is 112 cm³/mol. The molecule has 140 valence electrons. The van der Waals surface area contributed by atoms with Crippen molar-refractivity contribution in [1.29, 1.82) is 0 Å². The Morgan fingerprint density at radius 3 is 2.39 bits per heavy atom. The summed E-state index contributed by atoms with van der Waals surface area (Å²) in [6, 6.07) is 20.8. The molecule has 1 amide bonds. The Morgan fingerprint density at radius 1 is 1.04 bits per heavy atom. The maximum atomic E-state index is 13.1. The number of rotatable bonds is 5. The molecular formula is C22H17ClN2O3. The monoisotopic (exact) mass is 392 g/mol. The lowest BCUT2D eigenvalue weighted by Gasteiger charge is -2.12. The quantitative estimate of drug-likeness (QED) is 0.260. The smallest absolute Gasteiger partial charge is 0.271 e. The third-order valence-electron chi connectivity index (χ3n) is 4.21. The lowest BCUT2D eigenvalue weighted by atomic mass is 10.0. The first-order valence-corrected chi connectivity index (χ1v) is 8.91. The lowest BCUT2D eigenvalue weighted by molar-refractivity contribution is -0.384. The van der Waals surface area contributed by atoms with Gasteiger partial charge < -0.3 is 5.32 Å². The molecule has 3 aromatic carbocycles. The van der Waals surface area contributed by atoms with Gasteiger partial charge in [-0.15, -0.1) is 0 Å². The Bertz CT molecular complexity index is 1060. The Morgan fingerprint density at radius 2 is 1.71 bits per heavy atom. The molecule has 0 radical (unpaired) electrons. The van der Waals surface area contributed by atoms with E-state index >= 15 is 0 Å². The minimum Gasteiger partial charge on any atom is -0.321 e. The number of carbonyl (C=O) groups excluding carboxylic acids is 1. The molecule has 6 heteroatoms. The second-order valence-electron chi connectivity index (χ2n) is 6.16. The van der Waals surface area contributed by atoms with E-state index in [-0.39, 0.29) is 11.6 Å². The normalized spacial score (nSPS) is 11.1. The Labute approximate surface area is 167 Å². The number of carbonyl (C=O) groups is 1. The van der Waals surface area contributed by atoms with Gasteiger partial charge in [0.05, 0.1) is 10.6 Å². The molecule has 0 aromatic heterocycles. The van der Waals surface area contributed by atoms with Gasteiger partial charge in [-0.3, -0.25) is 14.9 Å². The van der Waals surface area contributed by atoms with Crippen LogP contribution in [-0.4, -0.2) is 10.8 Å². The zero-order chi connectivity index (χ0) is 20.1. The van der Waals surface area contributed by atoms with Crippen LogP contribution >= 0.6 is 11.6 Å². The van der Waals surface area contributed by atoms with Crippen molar-refractivity contribution in [2.24, 2.45) is 0 Å². The molecule has 0 saturated heterocycles. The summed E-state index contributed by atoms with van der Waals surface area (Å²) in [7, 11) is 0. The van der Waals surface area contributed by atoms with Crippen molar-refractivity contribution in [2.75, 3.05) is 5.32 Å². The van der Waals surface area contributed by atoms with Crippen LogP contribution in [0, 0.1) is 17.0 Å². The van der Waals surface area contributed by atoms with E-state index < -0.39 is 4.92 Å². The molecule has 0 unspecified atom stereocenters. The van der Waals surface area contributed by atoms with Crippen molar-refractivity contribution in [2.45, 2.75) is 6.92 Å². The molecule has 28 heavy (non-hydrogen) atoms. The molecule has 0 atom stereocenters. The summed E-state index contributed by atoms with van der Waals surface area (Å²) in [6.07, 6.45) is 1.71. The minimum absolute atomic E-state index is 0.0859. The lowest BCUT2D eigenvalue weighted by Crippen LogP contribution is -2.14. The van der Waals surface area contributed by atoms with Crippen LogP contribution in [0.3, 0.4) is 0 Å². The van der Waals surface area contributed by atoms with Gasteiger partial charge in [0.25, 0.3) is 11.6 Å². The SMILES string of the molecule is Cc1ccc([N+](=O)[O-])cc1NC(=O)/C(=C/c1ccccc1Cl)c1ccccc1. The van der Waals surface area contributed by atoms with Gasteiger partial charge in [0, 0.05) is 22.7 Å². The Balaban J connectivity index is 2.02. The van der Waals surface area contributed by atoms with Crippen molar-refractivity contribution in [1.82, 2.24) is 0 Å². The first kappa shape index (κ1) is 19.3. The van der Waals surface area contributed by atoms with E-state index in [1.165, 1.54) is 12.1 Å². The zero-order valence-electron chi connectivity index (χ0n) is 15.1. The number of anilines is 1. The Kier molecular flexibility index (Phi) is 5.87. The average molecular weight is 393 g/mol. The number of nitro groups is 1. The van der Waals surface area contributed by atoms with Crippen LogP contribution in [-0.2, 0) is 4.79 Å². The van der Waals surface area contributed by atoms with E-state index in [0.29, 0.717) is 27.4 Å².